The summed E-state index contributed by atoms with van der Waals surface area (Å²) in [6, 6.07) is 2.13. The third kappa shape index (κ3) is 2.32. The van der Waals surface area contributed by atoms with Crippen molar-refractivity contribution >= 4 is 0 Å². The Morgan fingerprint density at radius 1 is 1.35 bits per heavy atom. The number of tetrazole rings is 1. The lowest BCUT2D eigenvalue weighted by molar-refractivity contribution is 0.162. The largest absolute Gasteiger partial charge is 0.311 e. The Morgan fingerprint density at radius 2 is 2.06 bits per heavy atom. The first-order chi connectivity index (χ1) is 8.20. The monoisotopic (exact) mass is 236 g/mol. The zero-order chi connectivity index (χ0) is 11.8. The Bertz CT molecular complexity index is 377. The van der Waals surface area contributed by atoms with E-state index in [1.54, 1.807) is 7.05 Å². The molecular formula is C11H20N6. The average Bonchev–Trinajstić information content (AvgIpc) is 2.85. The van der Waals surface area contributed by atoms with Gasteiger partial charge in [0.2, 0.25) is 0 Å². The first-order valence-corrected chi connectivity index (χ1v) is 6.40. The van der Waals surface area contributed by atoms with Gasteiger partial charge in [-0.05, 0) is 37.9 Å². The van der Waals surface area contributed by atoms with Gasteiger partial charge in [0.15, 0.2) is 5.82 Å². The predicted octanol–water partition coefficient (Wildman–Crippen LogP) is -0.0751. The van der Waals surface area contributed by atoms with E-state index in [4.69, 9.17) is 0 Å². The normalized spacial score (nSPS) is 32.3. The first-order valence-electron chi connectivity index (χ1n) is 6.40. The van der Waals surface area contributed by atoms with E-state index < -0.39 is 0 Å². The molecule has 1 N–H and O–H groups in total. The summed E-state index contributed by atoms with van der Waals surface area (Å²) in [7, 11) is 3.98. The SMILES string of the molecule is CN(Cc1nnn(C)n1)C1CC2CCC(C1)N2. The van der Waals surface area contributed by atoms with Crippen LogP contribution in [0.2, 0.25) is 0 Å². The van der Waals surface area contributed by atoms with E-state index in [0.29, 0.717) is 6.04 Å². The fourth-order valence-electron chi connectivity index (χ4n) is 3.13. The molecule has 2 atom stereocenters. The van der Waals surface area contributed by atoms with E-state index in [1.165, 1.54) is 30.5 Å². The molecule has 3 heterocycles. The molecule has 1 aromatic rings. The number of nitrogens with zero attached hydrogens (tertiary/aromatic N) is 5. The fraction of sp³-hybridized carbons (Fsp3) is 0.909. The molecule has 2 saturated heterocycles. The van der Waals surface area contributed by atoms with Crippen molar-refractivity contribution in [3.63, 3.8) is 0 Å². The van der Waals surface area contributed by atoms with E-state index in [2.05, 4.69) is 32.7 Å². The number of hydrogen-bond acceptors (Lipinski definition) is 5. The van der Waals surface area contributed by atoms with E-state index in [9.17, 15) is 0 Å². The lowest BCUT2D eigenvalue weighted by Crippen LogP contribution is -2.46. The highest BCUT2D eigenvalue weighted by atomic mass is 15.6. The van der Waals surface area contributed by atoms with Crippen molar-refractivity contribution < 1.29 is 0 Å². The molecule has 2 unspecified atom stereocenters. The summed E-state index contributed by atoms with van der Waals surface area (Å²) in [5.74, 6) is 0.820. The van der Waals surface area contributed by atoms with Gasteiger partial charge in [-0.2, -0.15) is 4.80 Å². The zero-order valence-electron chi connectivity index (χ0n) is 10.5. The smallest absolute Gasteiger partial charge is 0.188 e. The number of aromatic nitrogens is 4. The number of fused-ring (bicyclic) bond motifs is 2. The number of aryl methyl sites for hydroxylation is 1. The van der Waals surface area contributed by atoms with E-state index in [1.807, 2.05) is 0 Å². The van der Waals surface area contributed by atoms with Crippen molar-refractivity contribution in [1.82, 2.24) is 30.4 Å². The van der Waals surface area contributed by atoms with Crippen LogP contribution in [0.25, 0.3) is 0 Å². The van der Waals surface area contributed by atoms with E-state index >= 15 is 0 Å². The van der Waals surface area contributed by atoms with Crippen molar-refractivity contribution in [3.8, 4) is 0 Å². The van der Waals surface area contributed by atoms with Crippen LogP contribution in [0.4, 0.5) is 0 Å². The van der Waals surface area contributed by atoms with Crippen molar-refractivity contribution in [3.05, 3.63) is 5.82 Å². The summed E-state index contributed by atoms with van der Waals surface area (Å²) in [6.45, 7) is 0.804. The lowest BCUT2D eigenvalue weighted by atomic mass is 9.98. The highest BCUT2D eigenvalue weighted by molar-refractivity contribution is 4.95. The van der Waals surface area contributed by atoms with Gasteiger partial charge < -0.3 is 5.32 Å². The molecule has 2 fully saturated rings. The topological polar surface area (TPSA) is 58.9 Å². The molecule has 6 heteroatoms. The molecular weight excluding hydrogens is 216 g/mol. The van der Waals surface area contributed by atoms with Crippen LogP contribution in [0.15, 0.2) is 0 Å². The summed E-state index contributed by atoms with van der Waals surface area (Å²) < 4.78 is 0. The van der Waals surface area contributed by atoms with Gasteiger partial charge in [-0.15, -0.1) is 10.2 Å². The lowest BCUT2D eigenvalue weighted by Gasteiger charge is -2.34. The molecule has 0 amide bonds. The van der Waals surface area contributed by atoms with Crippen LogP contribution < -0.4 is 5.32 Å². The third-order valence-corrected chi connectivity index (χ3v) is 4.01. The van der Waals surface area contributed by atoms with Crippen LogP contribution in [0, 0.1) is 0 Å². The van der Waals surface area contributed by atoms with Gasteiger partial charge in [-0.1, -0.05) is 0 Å². The molecule has 0 radical (unpaired) electrons. The fourth-order valence-corrected chi connectivity index (χ4v) is 3.13. The van der Waals surface area contributed by atoms with Crippen LogP contribution in [0.1, 0.15) is 31.5 Å². The van der Waals surface area contributed by atoms with Gasteiger partial charge in [-0.25, -0.2) is 0 Å². The highest BCUT2D eigenvalue weighted by Gasteiger charge is 2.35. The van der Waals surface area contributed by atoms with Crippen LogP contribution in [-0.4, -0.2) is 50.3 Å². The Morgan fingerprint density at radius 3 is 2.65 bits per heavy atom. The van der Waals surface area contributed by atoms with Crippen molar-refractivity contribution in [2.75, 3.05) is 7.05 Å². The van der Waals surface area contributed by atoms with Gasteiger partial charge in [0, 0.05) is 18.1 Å². The van der Waals surface area contributed by atoms with Gasteiger partial charge in [0.25, 0.3) is 0 Å². The summed E-state index contributed by atoms with van der Waals surface area (Å²) in [6.07, 6.45) is 5.21. The summed E-state index contributed by atoms with van der Waals surface area (Å²) in [5, 5.41) is 15.8. The third-order valence-electron chi connectivity index (χ3n) is 4.01. The number of piperidine rings is 1. The molecule has 2 aliphatic rings. The van der Waals surface area contributed by atoms with Gasteiger partial charge in [0.1, 0.15) is 0 Å². The average molecular weight is 236 g/mol. The Kier molecular flexibility index (Phi) is 2.84. The predicted molar refractivity (Wildman–Crippen MR) is 63.2 cm³/mol. The number of rotatable bonds is 3. The molecule has 3 rings (SSSR count). The molecule has 2 bridgehead atoms. The van der Waals surface area contributed by atoms with E-state index in [-0.39, 0.29) is 0 Å². The molecule has 0 aliphatic carbocycles. The molecule has 0 spiro atoms. The number of nitrogens with one attached hydrogen (secondary N) is 1. The molecule has 94 valence electrons. The molecule has 17 heavy (non-hydrogen) atoms. The minimum absolute atomic E-state index is 0.664. The molecule has 0 saturated carbocycles. The second kappa shape index (κ2) is 4.34. The summed E-state index contributed by atoms with van der Waals surface area (Å²) >= 11 is 0. The highest BCUT2D eigenvalue weighted by Crippen LogP contribution is 2.29. The first kappa shape index (κ1) is 11.1. The molecule has 6 nitrogen and oxygen atoms in total. The van der Waals surface area contributed by atoms with Crippen LogP contribution in [-0.2, 0) is 13.6 Å². The maximum absolute atomic E-state index is 4.24. The number of hydrogen-bond donors (Lipinski definition) is 1. The molecule has 0 aromatic carbocycles. The maximum atomic E-state index is 4.24. The zero-order valence-corrected chi connectivity index (χ0v) is 10.5. The van der Waals surface area contributed by atoms with Crippen molar-refractivity contribution in [2.24, 2.45) is 7.05 Å². The van der Waals surface area contributed by atoms with Crippen LogP contribution in [0.5, 0.6) is 0 Å². The second-order valence-corrected chi connectivity index (χ2v) is 5.37. The molecule has 2 aliphatic heterocycles. The minimum Gasteiger partial charge on any atom is -0.311 e. The van der Waals surface area contributed by atoms with Gasteiger partial charge in [-0.3, -0.25) is 4.90 Å². The van der Waals surface area contributed by atoms with Gasteiger partial charge >= 0.3 is 0 Å². The standard InChI is InChI=1S/C11H20N6/c1-16(7-11-13-15-17(2)14-11)10-5-8-3-4-9(6-10)12-8/h8-10,12H,3-7H2,1-2H3. The summed E-state index contributed by atoms with van der Waals surface area (Å²) in [5.41, 5.74) is 0. The van der Waals surface area contributed by atoms with E-state index in [0.717, 1.165) is 24.5 Å². The van der Waals surface area contributed by atoms with Crippen LogP contribution in [0.3, 0.4) is 0 Å². The van der Waals surface area contributed by atoms with Crippen LogP contribution >= 0.6 is 0 Å². The minimum atomic E-state index is 0.664. The maximum Gasteiger partial charge on any atom is 0.188 e. The van der Waals surface area contributed by atoms with Gasteiger partial charge in [0.05, 0.1) is 13.6 Å². The quantitative estimate of drug-likeness (QED) is 0.796. The van der Waals surface area contributed by atoms with Crippen molar-refractivity contribution in [2.45, 2.75) is 50.4 Å². The Hall–Kier alpha value is -1.01. The Balaban J connectivity index is 1.60. The molecule has 1 aromatic heterocycles. The second-order valence-electron chi connectivity index (χ2n) is 5.37. The Labute approximate surface area is 101 Å². The summed E-state index contributed by atoms with van der Waals surface area (Å²) in [4.78, 5) is 3.90. The van der Waals surface area contributed by atoms with Crippen molar-refractivity contribution in [1.29, 1.82) is 0 Å².